The van der Waals surface area contributed by atoms with E-state index in [1.54, 1.807) is 0 Å². The molecule has 0 radical (unpaired) electrons. The second kappa shape index (κ2) is 4.65. The highest BCUT2D eigenvalue weighted by atomic mass is 79.9. The lowest BCUT2D eigenvalue weighted by Gasteiger charge is -2.20. The van der Waals surface area contributed by atoms with E-state index in [0.717, 1.165) is 5.92 Å². The van der Waals surface area contributed by atoms with E-state index in [0.29, 0.717) is 10.7 Å². The predicted molar refractivity (Wildman–Crippen MR) is 67.5 cm³/mol. The maximum Gasteiger partial charge on any atom is 0.0469 e. The number of nitrogens with zero attached hydrogens (tertiary/aromatic N) is 1. The molecule has 0 aliphatic heterocycles. The summed E-state index contributed by atoms with van der Waals surface area (Å²) in [6.45, 7) is 4.58. The predicted octanol–water partition coefficient (Wildman–Crippen LogP) is 3.92. The van der Waals surface area contributed by atoms with Crippen molar-refractivity contribution in [1.82, 2.24) is 4.98 Å². The Hall–Kier alpha value is -0.370. The number of alkyl halides is 1. The zero-order chi connectivity index (χ0) is 10.8. The van der Waals surface area contributed by atoms with Gasteiger partial charge in [0.25, 0.3) is 0 Å². The molecule has 0 fully saturated rings. The molecule has 1 aliphatic carbocycles. The first-order valence-electron chi connectivity index (χ1n) is 5.76. The van der Waals surface area contributed by atoms with Crippen molar-refractivity contribution in [3.63, 3.8) is 0 Å². The molecule has 1 nitrogen and oxygen atoms in total. The van der Waals surface area contributed by atoms with Gasteiger partial charge in [0, 0.05) is 22.6 Å². The smallest absolute Gasteiger partial charge is 0.0469 e. The summed E-state index contributed by atoms with van der Waals surface area (Å²) in [5.41, 5.74) is 2.83. The number of rotatable bonds is 3. The molecule has 2 rings (SSSR count). The summed E-state index contributed by atoms with van der Waals surface area (Å²) in [5.74, 6) is 1.41. The van der Waals surface area contributed by atoms with Gasteiger partial charge in [-0.05, 0) is 36.8 Å². The molecule has 82 valence electrons. The summed E-state index contributed by atoms with van der Waals surface area (Å²) < 4.78 is 0. The second-order valence-electron chi connectivity index (χ2n) is 4.69. The minimum Gasteiger partial charge on any atom is -0.261 e. The summed E-state index contributed by atoms with van der Waals surface area (Å²) >= 11 is 3.64. The molecule has 0 amide bonds. The van der Waals surface area contributed by atoms with Crippen molar-refractivity contribution in [2.24, 2.45) is 5.92 Å². The molecular weight excluding hydrogens is 250 g/mol. The van der Waals surface area contributed by atoms with Crippen LogP contribution in [0.1, 0.15) is 43.9 Å². The first-order chi connectivity index (χ1) is 7.18. The standard InChI is InChI=1S/C13H18BrN/c1-9(8-10(2)14)12-6-5-11-4-3-7-15-13(11)12/h3-4,7,9-10,12H,5-6,8H2,1-2H3. The fraction of sp³-hybridized carbons (Fsp3) is 0.615. The minimum atomic E-state index is 0.611. The van der Waals surface area contributed by atoms with Crippen LogP contribution in [0.15, 0.2) is 18.3 Å². The van der Waals surface area contributed by atoms with Crippen LogP contribution in [-0.4, -0.2) is 9.81 Å². The van der Waals surface area contributed by atoms with Crippen molar-refractivity contribution in [1.29, 1.82) is 0 Å². The Labute approximate surface area is 100 Å². The lowest BCUT2D eigenvalue weighted by molar-refractivity contribution is 0.422. The molecule has 0 aromatic carbocycles. The molecule has 1 aromatic heterocycles. The van der Waals surface area contributed by atoms with E-state index in [2.05, 4.69) is 46.9 Å². The van der Waals surface area contributed by atoms with Crippen molar-refractivity contribution < 1.29 is 0 Å². The Balaban J connectivity index is 2.13. The summed E-state index contributed by atoms with van der Waals surface area (Å²) in [7, 11) is 0. The molecule has 0 N–H and O–H groups in total. The van der Waals surface area contributed by atoms with Gasteiger partial charge in [-0.2, -0.15) is 0 Å². The molecule has 2 heteroatoms. The van der Waals surface area contributed by atoms with Gasteiger partial charge in [-0.1, -0.05) is 35.8 Å². The van der Waals surface area contributed by atoms with E-state index < -0.39 is 0 Å². The lowest BCUT2D eigenvalue weighted by atomic mass is 9.88. The SMILES string of the molecule is CC(Br)CC(C)C1CCc2cccnc21. The number of hydrogen-bond acceptors (Lipinski definition) is 1. The van der Waals surface area contributed by atoms with Crippen molar-refractivity contribution in [2.45, 2.75) is 43.9 Å². The lowest BCUT2D eigenvalue weighted by Crippen LogP contribution is -2.11. The van der Waals surface area contributed by atoms with Gasteiger partial charge in [0.2, 0.25) is 0 Å². The quantitative estimate of drug-likeness (QED) is 0.757. The number of halogens is 1. The second-order valence-corrected chi connectivity index (χ2v) is 6.25. The van der Waals surface area contributed by atoms with Crippen LogP contribution in [-0.2, 0) is 6.42 Å². The van der Waals surface area contributed by atoms with Crippen LogP contribution in [0.2, 0.25) is 0 Å². The third-order valence-electron chi connectivity index (χ3n) is 3.39. The summed E-state index contributed by atoms with van der Waals surface area (Å²) in [4.78, 5) is 5.17. The van der Waals surface area contributed by atoms with Gasteiger partial charge in [-0.15, -0.1) is 0 Å². The molecular formula is C13H18BrN. The van der Waals surface area contributed by atoms with E-state index in [4.69, 9.17) is 0 Å². The fourth-order valence-electron chi connectivity index (χ4n) is 2.67. The van der Waals surface area contributed by atoms with Crippen LogP contribution < -0.4 is 0 Å². The third-order valence-corrected chi connectivity index (χ3v) is 3.76. The molecule has 0 saturated carbocycles. The van der Waals surface area contributed by atoms with Crippen molar-refractivity contribution in [3.8, 4) is 0 Å². The zero-order valence-corrected chi connectivity index (χ0v) is 11.0. The Morgan fingerprint density at radius 2 is 2.33 bits per heavy atom. The maximum atomic E-state index is 4.55. The largest absolute Gasteiger partial charge is 0.261 e. The first-order valence-corrected chi connectivity index (χ1v) is 6.68. The van der Waals surface area contributed by atoms with Gasteiger partial charge in [0.05, 0.1) is 0 Å². The Morgan fingerprint density at radius 3 is 3.07 bits per heavy atom. The minimum absolute atomic E-state index is 0.611. The highest BCUT2D eigenvalue weighted by molar-refractivity contribution is 9.09. The molecule has 0 bridgehead atoms. The number of aromatic nitrogens is 1. The monoisotopic (exact) mass is 267 g/mol. The van der Waals surface area contributed by atoms with Crippen molar-refractivity contribution in [3.05, 3.63) is 29.6 Å². The molecule has 0 saturated heterocycles. The topological polar surface area (TPSA) is 12.9 Å². The molecule has 1 aromatic rings. The Bertz CT molecular complexity index is 335. The highest BCUT2D eigenvalue weighted by Gasteiger charge is 2.28. The summed E-state index contributed by atoms with van der Waals surface area (Å²) in [6, 6.07) is 4.28. The first kappa shape index (κ1) is 11.1. The summed E-state index contributed by atoms with van der Waals surface area (Å²) in [5, 5.41) is 0. The van der Waals surface area contributed by atoms with E-state index >= 15 is 0 Å². The van der Waals surface area contributed by atoms with E-state index in [1.165, 1.54) is 30.5 Å². The van der Waals surface area contributed by atoms with Crippen LogP contribution in [0.5, 0.6) is 0 Å². The van der Waals surface area contributed by atoms with E-state index in [-0.39, 0.29) is 0 Å². The third kappa shape index (κ3) is 2.41. The van der Waals surface area contributed by atoms with Crippen LogP contribution in [0.25, 0.3) is 0 Å². The highest BCUT2D eigenvalue weighted by Crippen LogP contribution is 2.38. The van der Waals surface area contributed by atoms with Gasteiger partial charge in [-0.25, -0.2) is 0 Å². The van der Waals surface area contributed by atoms with Gasteiger partial charge in [0.15, 0.2) is 0 Å². The Kier molecular flexibility index (Phi) is 3.45. The number of pyridine rings is 1. The number of aryl methyl sites for hydroxylation is 1. The van der Waals surface area contributed by atoms with Gasteiger partial charge in [0.1, 0.15) is 0 Å². The Morgan fingerprint density at radius 1 is 1.53 bits per heavy atom. The number of fused-ring (bicyclic) bond motifs is 1. The fourth-order valence-corrected chi connectivity index (χ4v) is 3.26. The van der Waals surface area contributed by atoms with Gasteiger partial charge >= 0.3 is 0 Å². The summed E-state index contributed by atoms with van der Waals surface area (Å²) in [6.07, 6.45) is 5.67. The van der Waals surface area contributed by atoms with Crippen LogP contribution in [0, 0.1) is 5.92 Å². The average molecular weight is 268 g/mol. The molecule has 1 heterocycles. The van der Waals surface area contributed by atoms with Crippen molar-refractivity contribution in [2.75, 3.05) is 0 Å². The normalized spacial score (nSPS) is 23.5. The van der Waals surface area contributed by atoms with E-state index in [1.807, 2.05) is 6.20 Å². The molecule has 1 aliphatic rings. The van der Waals surface area contributed by atoms with Crippen LogP contribution in [0.4, 0.5) is 0 Å². The van der Waals surface area contributed by atoms with Gasteiger partial charge in [-0.3, -0.25) is 4.98 Å². The molecule has 15 heavy (non-hydrogen) atoms. The maximum absolute atomic E-state index is 4.55. The molecule has 0 spiro atoms. The van der Waals surface area contributed by atoms with Crippen molar-refractivity contribution >= 4 is 15.9 Å². The molecule has 3 unspecified atom stereocenters. The van der Waals surface area contributed by atoms with Crippen LogP contribution >= 0.6 is 15.9 Å². The number of hydrogen-bond donors (Lipinski definition) is 0. The zero-order valence-electron chi connectivity index (χ0n) is 9.41. The van der Waals surface area contributed by atoms with Gasteiger partial charge < -0.3 is 0 Å². The van der Waals surface area contributed by atoms with Crippen LogP contribution in [0.3, 0.4) is 0 Å². The molecule has 3 atom stereocenters. The van der Waals surface area contributed by atoms with E-state index in [9.17, 15) is 0 Å². The average Bonchev–Trinajstić information content (AvgIpc) is 2.59.